The number of rotatable bonds is 4. The first-order chi connectivity index (χ1) is 16.5. The van der Waals surface area contributed by atoms with Crippen LogP contribution in [0.25, 0.3) is 22.2 Å². The minimum absolute atomic E-state index is 0.00982. The van der Waals surface area contributed by atoms with Crippen LogP contribution in [0.15, 0.2) is 53.0 Å². The number of pyridine rings is 1. The molecule has 8 heteroatoms. The Kier molecular flexibility index (Phi) is 5.02. The van der Waals surface area contributed by atoms with Crippen molar-refractivity contribution >= 4 is 32.7 Å². The van der Waals surface area contributed by atoms with Crippen LogP contribution in [0.1, 0.15) is 60.3 Å². The van der Waals surface area contributed by atoms with E-state index in [1.54, 1.807) is 0 Å². The lowest BCUT2D eigenvalue weighted by atomic mass is 9.57. The van der Waals surface area contributed by atoms with Gasteiger partial charge in [-0.1, -0.05) is 51.5 Å². The van der Waals surface area contributed by atoms with Gasteiger partial charge < -0.3 is 5.32 Å². The summed E-state index contributed by atoms with van der Waals surface area (Å²) in [7, 11) is 0. The fourth-order valence-corrected chi connectivity index (χ4v) is 6.26. The highest BCUT2D eigenvalue weighted by molar-refractivity contribution is 9.10. The number of aromatic amines is 1. The van der Waals surface area contributed by atoms with Gasteiger partial charge in [0.25, 0.3) is 5.91 Å². The Bertz CT molecular complexity index is 1360. The lowest BCUT2D eigenvalue weighted by Crippen LogP contribution is -2.58. The Morgan fingerprint density at radius 2 is 1.76 bits per heavy atom. The first kappa shape index (κ1) is 21.4. The maximum Gasteiger partial charge on any atom is 0.252 e. The zero-order valence-corrected chi connectivity index (χ0v) is 20.5. The van der Waals surface area contributed by atoms with Crippen LogP contribution in [-0.2, 0) is 5.41 Å². The Morgan fingerprint density at radius 1 is 1.03 bits per heavy atom. The number of fused-ring (bicyclic) bond motifs is 4. The van der Waals surface area contributed by atoms with Crippen LogP contribution in [-0.4, -0.2) is 37.1 Å². The summed E-state index contributed by atoms with van der Waals surface area (Å²) in [6, 6.07) is 16.0. The highest BCUT2D eigenvalue weighted by Gasteiger charge is 2.52. The number of carbonyl (C=O) groups excluding carboxylic acids is 1. The third kappa shape index (κ3) is 3.43. The van der Waals surface area contributed by atoms with Gasteiger partial charge in [0.1, 0.15) is 0 Å². The molecule has 0 saturated heterocycles. The molecule has 1 amide bonds. The minimum Gasteiger partial charge on any atom is -0.347 e. The number of halogens is 1. The Hall–Kier alpha value is -3.13. The van der Waals surface area contributed by atoms with Crippen molar-refractivity contribution in [3.8, 4) is 11.3 Å². The molecule has 0 radical (unpaired) electrons. The number of benzene rings is 2. The van der Waals surface area contributed by atoms with Gasteiger partial charge >= 0.3 is 0 Å². The largest absolute Gasteiger partial charge is 0.347 e. The number of amides is 1. The molecular weight excluding hydrogens is 492 g/mol. The molecule has 0 atom stereocenters. The smallest absolute Gasteiger partial charge is 0.252 e. The molecule has 0 spiro atoms. The molecular formula is C26H25BrN6O. The van der Waals surface area contributed by atoms with Crippen molar-refractivity contribution in [3.63, 3.8) is 0 Å². The summed E-state index contributed by atoms with van der Waals surface area (Å²) < 4.78 is 0.932. The van der Waals surface area contributed by atoms with Crippen molar-refractivity contribution in [1.82, 2.24) is 30.9 Å². The van der Waals surface area contributed by atoms with Crippen LogP contribution in [0.2, 0.25) is 0 Å². The SMILES string of the molecule is Cc1c(-c2ccccc2)nc2ccc(Br)cc2c1C(=O)NC12CCC(c3nn[nH]n3)(CC1)CC2. The number of aromatic nitrogens is 5. The first-order valence-corrected chi connectivity index (χ1v) is 12.5. The lowest BCUT2D eigenvalue weighted by molar-refractivity contribution is 0.0579. The molecule has 172 valence electrons. The van der Waals surface area contributed by atoms with E-state index < -0.39 is 0 Å². The molecule has 2 aromatic heterocycles. The monoisotopic (exact) mass is 516 g/mol. The molecule has 0 aliphatic heterocycles. The second-order valence-electron chi connectivity index (χ2n) is 9.74. The average Bonchev–Trinajstić information content (AvgIpc) is 3.41. The third-order valence-electron chi connectivity index (χ3n) is 7.91. The molecule has 4 aromatic rings. The summed E-state index contributed by atoms with van der Waals surface area (Å²) in [4.78, 5) is 18.9. The van der Waals surface area contributed by atoms with Gasteiger partial charge in [-0.25, -0.2) is 4.98 Å². The molecule has 0 unspecified atom stereocenters. The maximum absolute atomic E-state index is 13.9. The summed E-state index contributed by atoms with van der Waals surface area (Å²) in [5.41, 5.74) is 4.09. The molecule has 34 heavy (non-hydrogen) atoms. The summed E-state index contributed by atoms with van der Waals surface area (Å²) >= 11 is 3.58. The molecule has 3 fully saturated rings. The van der Waals surface area contributed by atoms with E-state index in [9.17, 15) is 4.79 Å². The normalized spacial score (nSPS) is 23.8. The van der Waals surface area contributed by atoms with Crippen LogP contribution in [0.3, 0.4) is 0 Å². The van der Waals surface area contributed by atoms with E-state index in [2.05, 4.69) is 41.9 Å². The van der Waals surface area contributed by atoms with Crippen molar-refractivity contribution in [1.29, 1.82) is 0 Å². The number of hydrogen-bond acceptors (Lipinski definition) is 5. The molecule has 3 aliphatic rings. The van der Waals surface area contributed by atoms with Crippen molar-refractivity contribution in [2.24, 2.45) is 0 Å². The van der Waals surface area contributed by atoms with Crippen molar-refractivity contribution in [2.45, 2.75) is 56.4 Å². The number of nitrogens with one attached hydrogen (secondary N) is 2. The molecule has 2 N–H and O–H groups in total. The fraction of sp³-hybridized carbons (Fsp3) is 0.346. The van der Waals surface area contributed by atoms with Crippen molar-refractivity contribution in [2.75, 3.05) is 0 Å². The first-order valence-electron chi connectivity index (χ1n) is 11.7. The number of hydrogen-bond donors (Lipinski definition) is 2. The highest BCUT2D eigenvalue weighted by Crippen LogP contribution is 2.52. The second kappa shape index (κ2) is 7.98. The van der Waals surface area contributed by atoms with E-state index >= 15 is 0 Å². The fourth-order valence-electron chi connectivity index (χ4n) is 5.90. The molecule has 2 heterocycles. The van der Waals surface area contributed by atoms with Crippen LogP contribution < -0.4 is 5.32 Å². The standard InChI is InChI=1S/C26H25BrN6O/c1-16-21(19-15-18(27)7-8-20(19)28-22(16)17-5-3-2-4-6-17)23(34)29-26-12-9-25(10-13-26,11-14-26)24-30-32-33-31-24/h2-8,15H,9-14H2,1H3,(H,29,34)(H,30,31,32,33). The van der Waals surface area contributed by atoms with Crippen LogP contribution in [0.5, 0.6) is 0 Å². The van der Waals surface area contributed by atoms with Gasteiger partial charge in [0.05, 0.1) is 16.8 Å². The predicted molar refractivity (Wildman–Crippen MR) is 133 cm³/mol. The van der Waals surface area contributed by atoms with Gasteiger partial charge in [-0.3, -0.25) is 4.79 Å². The summed E-state index contributed by atoms with van der Waals surface area (Å²) in [6.07, 6.45) is 5.65. The molecule has 3 saturated carbocycles. The summed E-state index contributed by atoms with van der Waals surface area (Å²) in [5.74, 6) is 0.801. The summed E-state index contributed by atoms with van der Waals surface area (Å²) in [5, 5.41) is 19.3. The van der Waals surface area contributed by atoms with Gasteiger partial charge in [0.15, 0.2) is 5.82 Å². The Morgan fingerprint density at radius 3 is 2.44 bits per heavy atom. The second-order valence-corrected chi connectivity index (χ2v) is 10.7. The number of carbonyl (C=O) groups is 1. The molecule has 2 bridgehead atoms. The van der Waals surface area contributed by atoms with Crippen LogP contribution in [0.4, 0.5) is 0 Å². The molecule has 7 rings (SSSR count). The van der Waals surface area contributed by atoms with E-state index in [4.69, 9.17) is 4.98 Å². The van der Waals surface area contributed by atoms with E-state index in [1.165, 1.54) is 0 Å². The van der Waals surface area contributed by atoms with Crippen LogP contribution >= 0.6 is 15.9 Å². The van der Waals surface area contributed by atoms with Gasteiger partial charge in [-0.05, 0) is 69.2 Å². The van der Waals surface area contributed by atoms with Crippen molar-refractivity contribution in [3.05, 3.63) is 70.0 Å². The number of tetrazole rings is 1. The third-order valence-corrected chi connectivity index (χ3v) is 8.40. The van der Waals surface area contributed by atoms with Gasteiger partial charge in [-0.15, -0.1) is 10.2 Å². The Balaban J connectivity index is 1.37. The topological polar surface area (TPSA) is 96.5 Å². The van der Waals surface area contributed by atoms with E-state index in [1.807, 2.05) is 55.5 Å². The quantitative estimate of drug-likeness (QED) is 0.385. The highest BCUT2D eigenvalue weighted by atomic mass is 79.9. The maximum atomic E-state index is 13.9. The number of H-pyrrole nitrogens is 1. The van der Waals surface area contributed by atoms with E-state index in [0.717, 1.165) is 76.5 Å². The average molecular weight is 517 g/mol. The number of nitrogens with zero attached hydrogens (tertiary/aromatic N) is 4. The van der Waals surface area contributed by atoms with Crippen LogP contribution in [0, 0.1) is 6.92 Å². The molecule has 2 aromatic carbocycles. The minimum atomic E-state index is -0.191. The van der Waals surface area contributed by atoms with E-state index in [0.29, 0.717) is 5.56 Å². The van der Waals surface area contributed by atoms with E-state index in [-0.39, 0.29) is 16.9 Å². The Labute approximate surface area is 205 Å². The van der Waals surface area contributed by atoms with Gasteiger partial charge in [0.2, 0.25) is 0 Å². The zero-order chi connectivity index (χ0) is 23.3. The predicted octanol–water partition coefficient (Wildman–Crippen LogP) is 5.26. The van der Waals surface area contributed by atoms with Gasteiger partial charge in [0, 0.05) is 26.4 Å². The van der Waals surface area contributed by atoms with Gasteiger partial charge in [-0.2, -0.15) is 5.21 Å². The molecule has 3 aliphatic carbocycles. The summed E-state index contributed by atoms with van der Waals surface area (Å²) in [6.45, 7) is 2.01. The van der Waals surface area contributed by atoms with Crippen molar-refractivity contribution < 1.29 is 4.79 Å². The zero-order valence-electron chi connectivity index (χ0n) is 18.9. The lowest BCUT2D eigenvalue weighted by Gasteiger charge is -2.52. The molecule has 7 nitrogen and oxygen atoms in total.